The van der Waals surface area contributed by atoms with Gasteiger partial charge >= 0.3 is 6.18 Å². The summed E-state index contributed by atoms with van der Waals surface area (Å²) in [5, 5.41) is 6.37. The maximum absolute atomic E-state index is 12.0. The van der Waals surface area contributed by atoms with E-state index in [1.54, 1.807) is 19.2 Å². The summed E-state index contributed by atoms with van der Waals surface area (Å²) < 4.78 is 40.7. The van der Waals surface area contributed by atoms with E-state index >= 15 is 0 Å². The molecule has 8 heteroatoms. The van der Waals surface area contributed by atoms with Crippen molar-refractivity contribution in [2.75, 3.05) is 20.2 Å². The van der Waals surface area contributed by atoms with Crippen molar-refractivity contribution >= 4 is 29.9 Å². The topological polar surface area (TPSA) is 45.7 Å². The van der Waals surface area contributed by atoms with Crippen LogP contribution in [0.5, 0.6) is 0 Å². The Hall–Kier alpha value is -1.29. The van der Waals surface area contributed by atoms with Gasteiger partial charge in [-0.15, -0.1) is 24.0 Å². The normalized spacial score (nSPS) is 12.1. The number of nitrogens with zero attached hydrogens (tertiary/aromatic N) is 1. The Morgan fingerprint density at radius 3 is 2.36 bits per heavy atom. The second-order valence-corrected chi connectivity index (χ2v) is 5.13. The molecule has 0 aromatic heterocycles. The highest BCUT2D eigenvalue weighted by atomic mass is 127. The first kappa shape index (κ1) is 23.7. The lowest BCUT2D eigenvalue weighted by Gasteiger charge is -2.12. The molecule has 1 aromatic rings. The summed E-state index contributed by atoms with van der Waals surface area (Å²) in [4.78, 5) is 4.13. The molecule has 0 aliphatic rings. The molecular formula is C17H25F3IN3O. The Labute approximate surface area is 164 Å². The van der Waals surface area contributed by atoms with Gasteiger partial charge in [-0.05, 0) is 24.5 Å². The van der Waals surface area contributed by atoms with Crippen LogP contribution in [-0.2, 0) is 17.9 Å². The van der Waals surface area contributed by atoms with Gasteiger partial charge in [-0.25, -0.2) is 0 Å². The summed E-state index contributed by atoms with van der Waals surface area (Å²) >= 11 is 0. The Bertz CT molecular complexity index is 531. The van der Waals surface area contributed by atoms with Gasteiger partial charge in [0.2, 0.25) is 0 Å². The van der Waals surface area contributed by atoms with Gasteiger partial charge in [-0.2, -0.15) is 13.2 Å². The third-order valence-electron chi connectivity index (χ3n) is 3.08. The Morgan fingerprint density at radius 1 is 1.16 bits per heavy atom. The average molecular weight is 471 g/mol. The Balaban J connectivity index is 0.00000576. The molecule has 0 amide bonds. The summed E-state index contributed by atoms with van der Waals surface area (Å²) in [5.41, 5.74) is 1.71. The SMILES string of the molecule is CC=CCCNC(=NC)NCc1ccc(COCC(F)(F)F)cc1.I. The van der Waals surface area contributed by atoms with Crippen molar-refractivity contribution < 1.29 is 17.9 Å². The maximum atomic E-state index is 12.0. The first-order valence-corrected chi connectivity index (χ1v) is 7.72. The van der Waals surface area contributed by atoms with E-state index in [0.29, 0.717) is 18.1 Å². The van der Waals surface area contributed by atoms with Crippen molar-refractivity contribution in [3.63, 3.8) is 0 Å². The molecule has 1 rings (SSSR count). The Kier molecular flexibility index (Phi) is 12.3. The molecule has 142 valence electrons. The van der Waals surface area contributed by atoms with Gasteiger partial charge in [0, 0.05) is 20.1 Å². The summed E-state index contributed by atoms with van der Waals surface area (Å²) in [6.45, 7) is 2.06. The van der Waals surface area contributed by atoms with Crippen LogP contribution in [0.3, 0.4) is 0 Å². The monoisotopic (exact) mass is 471 g/mol. The van der Waals surface area contributed by atoms with Crippen LogP contribution in [0.1, 0.15) is 24.5 Å². The number of halogens is 4. The molecule has 0 aliphatic heterocycles. The van der Waals surface area contributed by atoms with Crippen LogP contribution in [-0.4, -0.2) is 32.3 Å². The smallest absolute Gasteiger partial charge is 0.367 e. The molecule has 0 aliphatic carbocycles. The second kappa shape index (κ2) is 13.0. The van der Waals surface area contributed by atoms with E-state index in [2.05, 4.69) is 26.4 Å². The first-order valence-electron chi connectivity index (χ1n) is 7.72. The third kappa shape index (κ3) is 11.8. The van der Waals surface area contributed by atoms with Crippen molar-refractivity contribution in [2.45, 2.75) is 32.7 Å². The quantitative estimate of drug-likeness (QED) is 0.198. The van der Waals surface area contributed by atoms with Crippen LogP contribution < -0.4 is 10.6 Å². The number of hydrogen-bond acceptors (Lipinski definition) is 2. The van der Waals surface area contributed by atoms with Crippen LogP contribution in [0.4, 0.5) is 13.2 Å². The van der Waals surface area contributed by atoms with Gasteiger partial charge in [-0.3, -0.25) is 4.99 Å². The molecule has 0 heterocycles. The summed E-state index contributed by atoms with van der Waals surface area (Å²) in [7, 11) is 1.70. The second-order valence-electron chi connectivity index (χ2n) is 5.13. The van der Waals surface area contributed by atoms with Crippen LogP contribution in [0.25, 0.3) is 0 Å². The molecule has 0 spiro atoms. The molecule has 0 unspecified atom stereocenters. The first-order chi connectivity index (χ1) is 11.4. The molecule has 0 atom stereocenters. The predicted molar refractivity (Wildman–Crippen MR) is 105 cm³/mol. The molecule has 4 nitrogen and oxygen atoms in total. The number of allylic oxidation sites excluding steroid dienone is 1. The molecule has 0 radical (unpaired) electrons. The molecule has 2 N–H and O–H groups in total. The number of benzene rings is 1. The summed E-state index contributed by atoms with van der Waals surface area (Å²) in [5.74, 6) is 0.706. The highest BCUT2D eigenvalue weighted by Crippen LogP contribution is 2.15. The molecule has 25 heavy (non-hydrogen) atoms. The largest absolute Gasteiger partial charge is 0.411 e. The van der Waals surface area contributed by atoms with E-state index < -0.39 is 12.8 Å². The van der Waals surface area contributed by atoms with Crippen LogP contribution in [0.2, 0.25) is 0 Å². The number of nitrogens with one attached hydrogen (secondary N) is 2. The number of rotatable bonds is 8. The fourth-order valence-corrected chi connectivity index (χ4v) is 1.88. The molecule has 0 saturated heterocycles. The van der Waals surface area contributed by atoms with Crippen LogP contribution in [0.15, 0.2) is 41.4 Å². The third-order valence-corrected chi connectivity index (χ3v) is 3.08. The van der Waals surface area contributed by atoms with Crippen molar-refractivity contribution in [2.24, 2.45) is 4.99 Å². The van der Waals surface area contributed by atoms with Crippen molar-refractivity contribution in [1.82, 2.24) is 10.6 Å². The fourth-order valence-electron chi connectivity index (χ4n) is 1.88. The van der Waals surface area contributed by atoms with Gasteiger partial charge in [-0.1, -0.05) is 36.4 Å². The van der Waals surface area contributed by atoms with Crippen molar-refractivity contribution in [3.05, 3.63) is 47.5 Å². The van der Waals surface area contributed by atoms with Crippen LogP contribution in [0, 0.1) is 0 Å². The summed E-state index contributed by atoms with van der Waals surface area (Å²) in [6.07, 6.45) is 0.696. The standard InChI is InChI=1S/C17H24F3N3O.HI/c1-3-4-5-10-22-16(21-2)23-11-14-6-8-15(9-7-14)12-24-13-17(18,19)20;/h3-4,6-9H,5,10-13H2,1-2H3,(H2,21,22,23);1H. The molecular weight excluding hydrogens is 446 g/mol. The number of alkyl halides is 3. The number of guanidine groups is 1. The maximum Gasteiger partial charge on any atom is 0.411 e. The van der Waals surface area contributed by atoms with Gasteiger partial charge in [0.15, 0.2) is 5.96 Å². The van der Waals surface area contributed by atoms with Crippen LogP contribution >= 0.6 is 24.0 Å². The van der Waals surface area contributed by atoms with E-state index in [1.807, 2.05) is 25.1 Å². The average Bonchev–Trinajstić information content (AvgIpc) is 2.54. The summed E-state index contributed by atoms with van der Waals surface area (Å²) in [6, 6.07) is 7.23. The van der Waals surface area contributed by atoms with Gasteiger partial charge in [0.25, 0.3) is 0 Å². The minimum absolute atomic E-state index is 0. The molecule has 0 bridgehead atoms. The number of hydrogen-bond donors (Lipinski definition) is 2. The van der Waals surface area contributed by atoms with E-state index in [1.165, 1.54) is 0 Å². The zero-order chi connectivity index (χ0) is 17.8. The Morgan fingerprint density at radius 2 is 1.80 bits per heavy atom. The van der Waals surface area contributed by atoms with Gasteiger partial charge in [0.1, 0.15) is 6.61 Å². The zero-order valence-electron chi connectivity index (χ0n) is 14.4. The lowest BCUT2D eigenvalue weighted by Crippen LogP contribution is -2.37. The molecule has 0 fully saturated rings. The number of aliphatic imine (C=N–C) groups is 1. The lowest BCUT2D eigenvalue weighted by molar-refractivity contribution is -0.176. The fraction of sp³-hybridized carbons (Fsp3) is 0.471. The van der Waals surface area contributed by atoms with E-state index in [4.69, 9.17) is 0 Å². The van der Waals surface area contributed by atoms with E-state index in [-0.39, 0.29) is 30.6 Å². The highest BCUT2D eigenvalue weighted by Gasteiger charge is 2.27. The number of ether oxygens (including phenoxy) is 1. The minimum Gasteiger partial charge on any atom is -0.367 e. The van der Waals surface area contributed by atoms with Crippen molar-refractivity contribution in [3.8, 4) is 0 Å². The van der Waals surface area contributed by atoms with Gasteiger partial charge in [0.05, 0.1) is 6.61 Å². The molecule has 0 saturated carbocycles. The van der Waals surface area contributed by atoms with E-state index in [0.717, 1.165) is 18.5 Å². The van der Waals surface area contributed by atoms with E-state index in [9.17, 15) is 13.2 Å². The van der Waals surface area contributed by atoms with Gasteiger partial charge < -0.3 is 15.4 Å². The lowest BCUT2D eigenvalue weighted by atomic mass is 10.1. The molecule has 1 aromatic carbocycles. The predicted octanol–water partition coefficient (Wildman–Crippen LogP) is 4.01. The van der Waals surface area contributed by atoms with Crippen molar-refractivity contribution in [1.29, 1.82) is 0 Å². The zero-order valence-corrected chi connectivity index (χ0v) is 16.7. The highest BCUT2D eigenvalue weighted by molar-refractivity contribution is 14.0. The minimum atomic E-state index is -4.29.